The highest BCUT2D eigenvalue weighted by molar-refractivity contribution is 6.30. The van der Waals surface area contributed by atoms with Crippen LogP contribution < -0.4 is 5.32 Å². The van der Waals surface area contributed by atoms with Gasteiger partial charge in [0, 0.05) is 27.7 Å². The Hall–Kier alpha value is -3.05. The molecule has 130 valence electrons. The average Bonchev–Trinajstić information content (AvgIpc) is 3.16. The average molecular weight is 366 g/mol. The van der Waals surface area contributed by atoms with Gasteiger partial charge in [0.1, 0.15) is 5.58 Å². The summed E-state index contributed by atoms with van der Waals surface area (Å²) in [6, 6.07) is 16.7. The molecule has 0 aliphatic rings. The van der Waals surface area contributed by atoms with E-state index in [2.05, 4.69) is 10.4 Å². The van der Waals surface area contributed by atoms with Gasteiger partial charge in [0.2, 0.25) is 0 Å². The standard InChI is InChI=1S/C20H16ClN3O2/c1-12-11-18(23-24(12)15-9-7-14(21)8-10-15)22-20(25)19-13(2)16-5-3-4-6-17(16)26-19/h3-11H,1-2H3,(H,22,23,25). The van der Waals surface area contributed by atoms with Crippen LogP contribution in [0.25, 0.3) is 16.7 Å². The fraction of sp³-hybridized carbons (Fsp3) is 0.100. The molecule has 2 aromatic heterocycles. The predicted octanol–water partition coefficient (Wildman–Crippen LogP) is 5.14. The van der Waals surface area contributed by atoms with Gasteiger partial charge >= 0.3 is 0 Å². The Labute approximate surface area is 155 Å². The number of aromatic nitrogens is 2. The number of rotatable bonds is 3. The van der Waals surface area contributed by atoms with Gasteiger partial charge in [-0.3, -0.25) is 4.79 Å². The highest BCUT2D eigenvalue weighted by Gasteiger charge is 2.19. The summed E-state index contributed by atoms with van der Waals surface area (Å²) >= 11 is 5.93. The van der Waals surface area contributed by atoms with Crippen LogP contribution in [0.5, 0.6) is 0 Å². The van der Waals surface area contributed by atoms with Crippen molar-refractivity contribution in [1.29, 1.82) is 0 Å². The van der Waals surface area contributed by atoms with E-state index < -0.39 is 0 Å². The van der Waals surface area contributed by atoms with Gasteiger partial charge in [-0.15, -0.1) is 5.10 Å². The van der Waals surface area contributed by atoms with E-state index in [0.29, 0.717) is 22.2 Å². The Morgan fingerprint density at radius 2 is 1.85 bits per heavy atom. The first kappa shape index (κ1) is 16.4. The van der Waals surface area contributed by atoms with E-state index in [1.165, 1.54) is 0 Å². The smallest absolute Gasteiger partial charge is 0.292 e. The lowest BCUT2D eigenvalue weighted by molar-refractivity contribution is 0.0997. The summed E-state index contributed by atoms with van der Waals surface area (Å²) in [6.07, 6.45) is 0. The molecular weight excluding hydrogens is 350 g/mol. The summed E-state index contributed by atoms with van der Waals surface area (Å²) in [5, 5.41) is 8.86. The number of fused-ring (bicyclic) bond motifs is 1. The van der Waals surface area contributed by atoms with E-state index in [4.69, 9.17) is 16.0 Å². The summed E-state index contributed by atoms with van der Waals surface area (Å²) in [5.74, 6) is 0.437. The molecule has 0 spiro atoms. The number of para-hydroxylation sites is 1. The number of anilines is 1. The van der Waals surface area contributed by atoms with Crippen LogP contribution in [0.3, 0.4) is 0 Å². The third-order valence-electron chi connectivity index (χ3n) is 4.25. The topological polar surface area (TPSA) is 60.1 Å². The second kappa shape index (κ2) is 6.35. The molecule has 2 aromatic carbocycles. The van der Waals surface area contributed by atoms with Crippen LogP contribution >= 0.6 is 11.6 Å². The molecular formula is C20H16ClN3O2. The fourth-order valence-corrected chi connectivity index (χ4v) is 3.07. The molecule has 0 aliphatic carbocycles. The fourth-order valence-electron chi connectivity index (χ4n) is 2.94. The molecule has 2 heterocycles. The zero-order valence-corrected chi connectivity index (χ0v) is 15.0. The number of carbonyl (C=O) groups excluding carboxylic acids is 1. The molecule has 0 bridgehead atoms. The maximum Gasteiger partial charge on any atom is 0.292 e. The molecule has 0 fully saturated rings. The van der Waals surface area contributed by atoms with Crippen molar-refractivity contribution in [2.45, 2.75) is 13.8 Å². The Morgan fingerprint density at radius 3 is 2.58 bits per heavy atom. The number of halogens is 1. The molecule has 5 nitrogen and oxygen atoms in total. The lowest BCUT2D eigenvalue weighted by atomic mass is 10.1. The molecule has 6 heteroatoms. The summed E-state index contributed by atoms with van der Waals surface area (Å²) in [5.41, 5.74) is 3.27. The van der Waals surface area contributed by atoms with Gasteiger partial charge in [-0.1, -0.05) is 29.8 Å². The van der Waals surface area contributed by atoms with Gasteiger partial charge in [0.05, 0.1) is 5.69 Å². The Kier molecular flexibility index (Phi) is 4.01. The van der Waals surface area contributed by atoms with Crippen molar-refractivity contribution in [2.24, 2.45) is 0 Å². The molecule has 0 aliphatic heterocycles. The molecule has 0 unspecified atom stereocenters. The zero-order valence-electron chi connectivity index (χ0n) is 14.3. The Balaban J connectivity index is 1.63. The van der Waals surface area contributed by atoms with Gasteiger partial charge < -0.3 is 9.73 Å². The summed E-state index contributed by atoms with van der Waals surface area (Å²) in [4.78, 5) is 12.6. The third kappa shape index (κ3) is 2.86. The van der Waals surface area contributed by atoms with Gasteiger partial charge in [-0.05, 0) is 44.2 Å². The molecule has 4 rings (SSSR count). The lowest BCUT2D eigenvalue weighted by Gasteiger charge is -2.04. The largest absolute Gasteiger partial charge is 0.451 e. The normalized spacial score (nSPS) is 11.0. The second-order valence-corrected chi connectivity index (χ2v) is 6.50. The van der Waals surface area contributed by atoms with Crippen molar-refractivity contribution in [3.63, 3.8) is 0 Å². The Morgan fingerprint density at radius 1 is 1.12 bits per heavy atom. The Bertz CT molecular complexity index is 1110. The van der Waals surface area contributed by atoms with E-state index >= 15 is 0 Å². The number of amides is 1. The van der Waals surface area contributed by atoms with Crippen LogP contribution in [-0.2, 0) is 0 Å². The number of nitrogens with zero attached hydrogens (tertiary/aromatic N) is 2. The SMILES string of the molecule is Cc1c(C(=O)Nc2cc(C)n(-c3ccc(Cl)cc3)n2)oc2ccccc12. The molecule has 1 N–H and O–H groups in total. The number of hydrogen-bond donors (Lipinski definition) is 1. The van der Waals surface area contributed by atoms with Crippen molar-refractivity contribution in [1.82, 2.24) is 9.78 Å². The minimum atomic E-state index is -0.320. The molecule has 0 atom stereocenters. The number of nitrogens with one attached hydrogen (secondary N) is 1. The first-order valence-electron chi connectivity index (χ1n) is 8.15. The van der Waals surface area contributed by atoms with Crippen LogP contribution in [0.2, 0.25) is 5.02 Å². The number of aryl methyl sites for hydroxylation is 2. The number of hydrogen-bond acceptors (Lipinski definition) is 3. The molecule has 26 heavy (non-hydrogen) atoms. The third-order valence-corrected chi connectivity index (χ3v) is 4.50. The first-order valence-corrected chi connectivity index (χ1v) is 8.53. The van der Waals surface area contributed by atoms with Crippen LogP contribution in [0.15, 0.2) is 59.0 Å². The van der Waals surface area contributed by atoms with Crippen molar-refractivity contribution in [2.75, 3.05) is 5.32 Å². The number of furan rings is 1. The first-order chi connectivity index (χ1) is 12.5. The highest BCUT2D eigenvalue weighted by Crippen LogP contribution is 2.26. The van der Waals surface area contributed by atoms with Crippen molar-refractivity contribution in [3.8, 4) is 5.69 Å². The van der Waals surface area contributed by atoms with Crippen molar-refractivity contribution >= 4 is 34.3 Å². The lowest BCUT2D eigenvalue weighted by Crippen LogP contribution is -2.12. The monoisotopic (exact) mass is 365 g/mol. The van der Waals surface area contributed by atoms with Crippen LogP contribution in [0, 0.1) is 13.8 Å². The van der Waals surface area contributed by atoms with Crippen molar-refractivity contribution in [3.05, 3.63) is 76.6 Å². The molecule has 0 saturated heterocycles. The summed E-state index contributed by atoms with van der Waals surface area (Å²) in [7, 11) is 0. The van der Waals surface area contributed by atoms with Gasteiger partial charge in [-0.2, -0.15) is 0 Å². The summed E-state index contributed by atoms with van der Waals surface area (Å²) < 4.78 is 7.45. The van der Waals surface area contributed by atoms with Gasteiger partial charge in [-0.25, -0.2) is 4.68 Å². The quantitative estimate of drug-likeness (QED) is 0.546. The van der Waals surface area contributed by atoms with E-state index in [9.17, 15) is 4.79 Å². The van der Waals surface area contributed by atoms with E-state index in [-0.39, 0.29) is 5.91 Å². The van der Waals surface area contributed by atoms with Crippen LogP contribution in [-0.4, -0.2) is 15.7 Å². The number of carbonyl (C=O) groups is 1. The summed E-state index contributed by atoms with van der Waals surface area (Å²) in [6.45, 7) is 3.79. The molecule has 1 amide bonds. The highest BCUT2D eigenvalue weighted by atomic mass is 35.5. The minimum Gasteiger partial charge on any atom is -0.451 e. The van der Waals surface area contributed by atoms with Gasteiger partial charge in [0.15, 0.2) is 11.6 Å². The van der Waals surface area contributed by atoms with E-state index in [1.807, 2.05) is 56.3 Å². The maximum atomic E-state index is 12.6. The van der Waals surface area contributed by atoms with Crippen molar-refractivity contribution < 1.29 is 9.21 Å². The molecule has 0 radical (unpaired) electrons. The number of benzene rings is 2. The van der Waals surface area contributed by atoms with Crippen LogP contribution in [0.4, 0.5) is 5.82 Å². The predicted molar refractivity (Wildman–Crippen MR) is 102 cm³/mol. The van der Waals surface area contributed by atoms with Gasteiger partial charge in [0.25, 0.3) is 5.91 Å². The van der Waals surface area contributed by atoms with Crippen LogP contribution in [0.1, 0.15) is 21.8 Å². The zero-order chi connectivity index (χ0) is 18.3. The van der Waals surface area contributed by atoms with E-state index in [1.54, 1.807) is 16.8 Å². The maximum absolute atomic E-state index is 12.6. The molecule has 4 aromatic rings. The minimum absolute atomic E-state index is 0.296. The second-order valence-electron chi connectivity index (χ2n) is 6.07. The van der Waals surface area contributed by atoms with E-state index in [0.717, 1.165) is 22.3 Å². The molecule has 0 saturated carbocycles.